The summed E-state index contributed by atoms with van der Waals surface area (Å²) in [6.07, 6.45) is 2.46. The molecule has 5 heteroatoms. The minimum absolute atomic E-state index is 0.0118. The van der Waals surface area contributed by atoms with Gasteiger partial charge in [0.15, 0.2) is 6.61 Å². The van der Waals surface area contributed by atoms with Crippen LogP contribution in [0, 0.1) is 0 Å². The molecule has 1 heterocycles. The highest BCUT2D eigenvalue weighted by atomic mass is 16.5. The third kappa shape index (κ3) is 2.68. The van der Waals surface area contributed by atoms with E-state index in [1.807, 2.05) is 0 Å². The topological polar surface area (TPSA) is 67.4 Å². The number of amides is 2. The number of hydrogen-bond donors (Lipinski definition) is 2. The summed E-state index contributed by atoms with van der Waals surface area (Å²) in [6, 6.07) is 4.95. The molecule has 0 aliphatic carbocycles. The average molecular weight is 246 g/mol. The van der Waals surface area contributed by atoms with Crippen LogP contribution in [0.3, 0.4) is 0 Å². The summed E-state index contributed by atoms with van der Waals surface area (Å²) in [5.41, 5.74) is 1.02. The van der Waals surface area contributed by atoms with E-state index >= 15 is 0 Å². The minimum atomic E-state index is -0.216. The molecule has 1 aromatic carbocycles. The molecule has 2 amide bonds. The van der Waals surface area contributed by atoms with Crippen LogP contribution >= 0.6 is 0 Å². The molecule has 1 aliphatic heterocycles. The lowest BCUT2D eigenvalue weighted by Gasteiger charge is -2.18. The van der Waals surface area contributed by atoms with Gasteiger partial charge in [0, 0.05) is 12.1 Å². The summed E-state index contributed by atoms with van der Waals surface area (Å²) in [7, 11) is 0. The monoisotopic (exact) mass is 246 g/mol. The first kappa shape index (κ1) is 12.2. The minimum Gasteiger partial charge on any atom is -0.482 e. The van der Waals surface area contributed by atoms with Crippen molar-refractivity contribution in [1.82, 2.24) is 5.32 Å². The van der Waals surface area contributed by atoms with E-state index in [-0.39, 0.29) is 18.4 Å². The van der Waals surface area contributed by atoms with Crippen molar-refractivity contribution in [2.45, 2.75) is 6.42 Å². The first-order chi connectivity index (χ1) is 8.70. The van der Waals surface area contributed by atoms with Gasteiger partial charge in [0.1, 0.15) is 5.75 Å². The number of carbonyl (C=O) groups is 2. The van der Waals surface area contributed by atoms with E-state index in [0.717, 1.165) is 6.42 Å². The molecule has 0 atom stereocenters. The fourth-order valence-electron chi connectivity index (χ4n) is 1.61. The first-order valence-corrected chi connectivity index (χ1v) is 5.66. The van der Waals surface area contributed by atoms with Crippen molar-refractivity contribution in [3.05, 3.63) is 36.4 Å². The van der Waals surface area contributed by atoms with Gasteiger partial charge in [-0.25, -0.2) is 0 Å². The Morgan fingerprint density at radius 2 is 2.39 bits per heavy atom. The van der Waals surface area contributed by atoms with Crippen molar-refractivity contribution in [2.24, 2.45) is 0 Å². The van der Waals surface area contributed by atoms with Gasteiger partial charge in [-0.15, -0.1) is 6.58 Å². The molecule has 0 saturated carbocycles. The quantitative estimate of drug-likeness (QED) is 0.622. The van der Waals surface area contributed by atoms with Crippen molar-refractivity contribution in [3.8, 4) is 5.75 Å². The number of benzene rings is 1. The molecular weight excluding hydrogens is 232 g/mol. The van der Waals surface area contributed by atoms with Crippen molar-refractivity contribution >= 4 is 17.5 Å². The number of nitrogens with one attached hydrogen (secondary N) is 2. The lowest BCUT2D eigenvalue weighted by atomic mass is 10.1. The SMILES string of the molecule is C=CCCNC(=O)c1ccc2c(c1)NC(=O)CO2. The molecule has 0 unspecified atom stereocenters. The number of hydrogen-bond acceptors (Lipinski definition) is 3. The Morgan fingerprint density at radius 1 is 1.56 bits per heavy atom. The lowest BCUT2D eigenvalue weighted by molar-refractivity contribution is -0.118. The molecule has 1 aromatic rings. The second kappa shape index (κ2) is 5.35. The predicted octanol–water partition coefficient (Wildman–Crippen LogP) is 1.32. The van der Waals surface area contributed by atoms with Crippen LogP contribution in [-0.2, 0) is 4.79 Å². The Morgan fingerprint density at radius 3 is 3.17 bits per heavy atom. The Bertz CT molecular complexity index is 497. The Hall–Kier alpha value is -2.30. The molecule has 0 spiro atoms. The maximum absolute atomic E-state index is 11.8. The zero-order valence-corrected chi connectivity index (χ0v) is 9.86. The molecule has 5 nitrogen and oxygen atoms in total. The van der Waals surface area contributed by atoms with E-state index in [0.29, 0.717) is 23.5 Å². The summed E-state index contributed by atoms with van der Waals surface area (Å²) in [5.74, 6) is 0.184. The van der Waals surface area contributed by atoms with Crippen LogP contribution in [0.5, 0.6) is 5.75 Å². The number of carbonyl (C=O) groups excluding carboxylic acids is 2. The van der Waals surface area contributed by atoms with Crippen molar-refractivity contribution in [1.29, 1.82) is 0 Å². The van der Waals surface area contributed by atoms with Crippen molar-refractivity contribution < 1.29 is 14.3 Å². The van der Waals surface area contributed by atoms with E-state index in [9.17, 15) is 9.59 Å². The van der Waals surface area contributed by atoms with Crippen LogP contribution in [0.2, 0.25) is 0 Å². The molecule has 0 fully saturated rings. The largest absolute Gasteiger partial charge is 0.482 e. The van der Waals surface area contributed by atoms with E-state index in [1.54, 1.807) is 24.3 Å². The number of ether oxygens (including phenoxy) is 1. The molecule has 94 valence electrons. The summed E-state index contributed by atoms with van der Waals surface area (Å²) in [5, 5.41) is 5.42. The summed E-state index contributed by atoms with van der Waals surface area (Å²) < 4.78 is 5.21. The fourth-order valence-corrected chi connectivity index (χ4v) is 1.61. The molecule has 0 aromatic heterocycles. The smallest absolute Gasteiger partial charge is 0.262 e. The summed E-state index contributed by atoms with van der Waals surface area (Å²) >= 11 is 0. The van der Waals surface area contributed by atoms with Gasteiger partial charge in [0.05, 0.1) is 5.69 Å². The molecule has 2 rings (SSSR count). The Labute approximate surface area is 105 Å². The fraction of sp³-hybridized carbons (Fsp3) is 0.231. The molecule has 18 heavy (non-hydrogen) atoms. The third-order valence-corrected chi connectivity index (χ3v) is 2.51. The van der Waals surface area contributed by atoms with Gasteiger partial charge in [-0.05, 0) is 24.6 Å². The maximum Gasteiger partial charge on any atom is 0.262 e. The average Bonchev–Trinajstić information content (AvgIpc) is 2.38. The van der Waals surface area contributed by atoms with E-state index in [4.69, 9.17) is 4.74 Å². The highest BCUT2D eigenvalue weighted by Crippen LogP contribution is 2.28. The number of rotatable bonds is 4. The van der Waals surface area contributed by atoms with E-state index in [2.05, 4.69) is 17.2 Å². The van der Waals surface area contributed by atoms with Gasteiger partial charge in [0.25, 0.3) is 11.8 Å². The van der Waals surface area contributed by atoms with Gasteiger partial charge in [0.2, 0.25) is 0 Å². The van der Waals surface area contributed by atoms with Gasteiger partial charge in [-0.2, -0.15) is 0 Å². The van der Waals surface area contributed by atoms with Crippen LogP contribution in [-0.4, -0.2) is 25.0 Å². The molecule has 0 saturated heterocycles. The molecule has 1 aliphatic rings. The van der Waals surface area contributed by atoms with Crippen molar-refractivity contribution in [3.63, 3.8) is 0 Å². The van der Waals surface area contributed by atoms with Gasteiger partial charge in [-0.1, -0.05) is 6.08 Å². The second-order valence-corrected chi connectivity index (χ2v) is 3.88. The molecule has 0 radical (unpaired) electrons. The number of anilines is 1. The molecule has 0 bridgehead atoms. The van der Waals surface area contributed by atoms with Gasteiger partial charge in [-0.3, -0.25) is 9.59 Å². The van der Waals surface area contributed by atoms with Crippen LogP contribution < -0.4 is 15.4 Å². The number of fused-ring (bicyclic) bond motifs is 1. The lowest BCUT2D eigenvalue weighted by Crippen LogP contribution is -2.27. The van der Waals surface area contributed by atoms with Crippen LogP contribution in [0.15, 0.2) is 30.9 Å². The third-order valence-electron chi connectivity index (χ3n) is 2.51. The summed E-state index contributed by atoms with van der Waals surface area (Å²) in [6.45, 7) is 4.14. The second-order valence-electron chi connectivity index (χ2n) is 3.88. The van der Waals surface area contributed by atoms with Gasteiger partial charge >= 0.3 is 0 Å². The van der Waals surface area contributed by atoms with Crippen LogP contribution in [0.4, 0.5) is 5.69 Å². The highest BCUT2D eigenvalue weighted by molar-refractivity contribution is 5.99. The van der Waals surface area contributed by atoms with E-state index < -0.39 is 0 Å². The standard InChI is InChI=1S/C13H14N2O3/c1-2-3-6-14-13(17)9-4-5-11-10(7-9)15-12(16)8-18-11/h2,4-5,7H,1,3,6,8H2,(H,14,17)(H,15,16). The zero-order chi connectivity index (χ0) is 13.0. The Balaban J connectivity index is 2.10. The Kier molecular flexibility index (Phi) is 3.62. The zero-order valence-electron chi connectivity index (χ0n) is 9.86. The van der Waals surface area contributed by atoms with E-state index in [1.165, 1.54) is 0 Å². The summed E-state index contributed by atoms with van der Waals surface area (Å²) in [4.78, 5) is 23.0. The molecule has 2 N–H and O–H groups in total. The van der Waals surface area contributed by atoms with Crippen LogP contribution in [0.25, 0.3) is 0 Å². The normalized spacial score (nSPS) is 13.0. The predicted molar refractivity (Wildman–Crippen MR) is 67.7 cm³/mol. The van der Waals surface area contributed by atoms with Gasteiger partial charge < -0.3 is 15.4 Å². The molecular formula is C13H14N2O3. The highest BCUT2D eigenvalue weighted by Gasteiger charge is 2.17. The van der Waals surface area contributed by atoms with Crippen LogP contribution in [0.1, 0.15) is 16.8 Å². The first-order valence-electron chi connectivity index (χ1n) is 5.66. The maximum atomic E-state index is 11.8. The van der Waals surface area contributed by atoms with Crippen molar-refractivity contribution in [2.75, 3.05) is 18.5 Å².